The van der Waals surface area contributed by atoms with E-state index in [0.717, 1.165) is 11.1 Å². The summed E-state index contributed by atoms with van der Waals surface area (Å²) in [4.78, 5) is 28.2. The molecule has 0 spiro atoms. The molecule has 1 atom stereocenters. The van der Waals surface area contributed by atoms with E-state index in [9.17, 15) is 19.8 Å². The second-order valence-electron chi connectivity index (χ2n) is 8.63. The van der Waals surface area contributed by atoms with Crippen molar-refractivity contribution in [2.45, 2.75) is 16.1 Å². The van der Waals surface area contributed by atoms with E-state index in [1.165, 1.54) is 47.3 Å². The number of halogens is 1. The van der Waals surface area contributed by atoms with E-state index in [1.807, 2.05) is 60.7 Å². The maximum atomic E-state index is 13.5. The van der Waals surface area contributed by atoms with Crippen LogP contribution in [0.2, 0.25) is 0 Å². The van der Waals surface area contributed by atoms with Crippen LogP contribution in [0.3, 0.4) is 0 Å². The molecule has 0 aliphatic carbocycles. The Kier molecular flexibility index (Phi) is 8.34. The lowest BCUT2D eigenvalue weighted by atomic mass is 9.95. The Bertz CT molecular complexity index is 1620. The van der Waals surface area contributed by atoms with Gasteiger partial charge in [-0.1, -0.05) is 89.8 Å². The summed E-state index contributed by atoms with van der Waals surface area (Å²) in [6.45, 7) is 0. The van der Waals surface area contributed by atoms with Gasteiger partial charge in [-0.15, -0.1) is 10.2 Å². The van der Waals surface area contributed by atoms with Gasteiger partial charge in [0.25, 0.3) is 5.91 Å². The molecule has 8 nitrogen and oxygen atoms in total. The van der Waals surface area contributed by atoms with E-state index >= 15 is 0 Å². The van der Waals surface area contributed by atoms with Gasteiger partial charge in [0.15, 0.2) is 27.4 Å². The Morgan fingerprint density at radius 2 is 1.80 bits per heavy atom. The van der Waals surface area contributed by atoms with Crippen LogP contribution in [0, 0.1) is 0 Å². The predicted molar refractivity (Wildman–Crippen MR) is 159 cm³/mol. The SMILES string of the molecule is COc1cc(C2C(C(=O)/C=C/c3ccccc3)=C(O)C(=O)N2c2nnc(SCc3ccccc3)s2)cc(Br)c1O. The predicted octanol–water partition coefficient (Wildman–Crippen LogP) is 6.49. The number of benzene rings is 3. The number of carbonyl (C=O) groups excluding carboxylic acids is 2. The number of thioether (sulfide) groups is 1. The van der Waals surface area contributed by atoms with Crippen LogP contribution < -0.4 is 9.64 Å². The number of aromatic nitrogens is 2. The van der Waals surface area contributed by atoms with Crippen LogP contribution in [0.15, 0.2) is 99.0 Å². The number of rotatable bonds is 9. The van der Waals surface area contributed by atoms with E-state index in [0.29, 0.717) is 20.1 Å². The Hall–Kier alpha value is -3.93. The van der Waals surface area contributed by atoms with Crippen molar-refractivity contribution >= 4 is 61.9 Å². The number of methoxy groups -OCH3 is 1. The number of hydrogen-bond donors (Lipinski definition) is 2. The summed E-state index contributed by atoms with van der Waals surface area (Å²) in [5.41, 5.74) is 2.19. The molecule has 0 saturated carbocycles. The molecule has 1 aromatic heterocycles. The highest BCUT2D eigenvalue weighted by Crippen LogP contribution is 2.46. The molecule has 11 heteroatoms. The van der Waals surface area contributed by atoms with Gasteiger partial charge in [0.2, 0.25) is 5.13 Å². The van der Waals surface area contributed by atoms with Gasteiger partial charge in [0, 0.05) is 5.75 Å². The van der Waals surface area contributed by atoms with Crippen molar-refractivity contribution in [2.24, 2.45) is 0 Å². The van der Waals surface area contributed by atoms with Crippen molar-refractivity contribution in [3.63, 3.8) is 0 Å². The van der Waals surface area contributed by atoms with Crippen LogP contribution >= 0.6 is 39.0 Å². The zero-order chi connectivity index (χ0) is 28.2. The molecule has 0 saturated heterocycles. The van der Waals surface area contributed by atoms with E-state index < -0.39 is 23.5 Å². The summed E-state index contributed by atoms with van der Waals surface area (Å²) in [7, 11) is 1.39. The standard InChI is InChI=1S/C29H22BrN3O5S2/c1-38-22-15-19(14-20(30)25(22)35)24-23(21(34)13-12-17-8-4-2-5-9-17)26(36)27(37)33(24)28-31-32-29(40-28)39-16-18-10-6-3-7-11-18/h2-15,24,35-36H,16H2,1H3/b13-12+. The van der Waals surface area contributed by atoms with Gasteiger partial charge >= 0.3 is 0 Å². The average molecular weight is 637 g/mol. The Labute approximate surface area is 246 Å². The third-order valence-electron chi connectivity index (χ3n) is 6.09. The Balaban J connectivity index is 1.53. The lowest BCUT2D eigenvalue weighted by Gasteiger charge is -2.24. The fourth-order valence-electron chi connectivity index (χ4n) is 4.18. The van der Waals surface area contributed by atoms with Crippen molar-refractivity contribution in [2.75, 3.05) is 12.0 Å². The fourth-order valence-corrected chi connectivity index (χ4v) is 6.46. The van der Waals surface area contributed by atoms with Gasteiger partial charge in [-0.25, -0.2) is 0 Å². The number of hydrogen-bond acceptors (Lipinski definition) is 9. The number of allylic oxidation sites excluding steroid dienone is 1. The number of aliphatic hydroxyl groups excluding tert-OH is 1. The smallest absolute Gasteiger partial charge is 0.296 e. The minimum absolute atomic E-state index is 0.120. The number of phenols is 1. The summed E-state index contributed by atoms with van der Waals surface area (Å²) >= 11 is 5.97. The molecule has 2 heterocycles. The second kappa shape index (κ2) is 12.1. The summed E-state index contributed by atoms with van der Waals surface area (Å²) < 4.78 is 6.23. The molecule has 2 N–H and O–H groups in total. The lowest BCUT2D eigenvalue weighted by Crippen LogP contribution is -2.31. The van der Waals surface area contributed by atoms with Crippen molar-refractivity contribution in [1.29, 1.82) is 0 Å². The molecule has 40 heavy (non-hydrogen) atoms. The summed E-state index contributed by atoms with van der Waals surface area (Å²) in [6.07, 6.45) is 2.93. The van der Waals surface area contributed by atoms with Crippen LogP contribution in [-0.4, -0.2) is 39.2 Å². The van der Waals surface area contributed by atoms with E-state index in [1.54, 1.807) is 12.1 Å². The minimum atomic E-state index is -1.05. The maximum Gasteiger partial charge on any atom is 0.296 e. The highest BCUT2D eigenvalue weighted by Gasteiger charge is 2.45. The van der Waals surface area contributed by atoms with Gasteiger partial charge in [0.1, 0.15) is 0 Å². The van der Waals surface area contributed by atoms with E-state index in [4.69, 9.17) is 4.74 Å². The van der Waals surface area contributed by atoms with E-state index in [-0.39, 0.29) is 22.2 Å². The van der Waals surface area contributed by atoms with Crippen molar-refractivity contribution in [3.05, 3.63) is 111 Å². The van der Waals surface area contributed by atoms with Crippen molar-refractivity contribution < 1.29 is 24.5 Å². The van der Waals surface area contributed by atoms with E-state index in [2.05, 4.69) is 26.1 Å². The number of aliphatic hydroxyl groups is 1. The maximum absolute atomic E-state index is 13.5. The highest BCUT2D eigenvalue weighted by molar-refractivity contribution is 9.10. The third kappa shape index (κ3) is 5.67. The van der Waals surface area contributed by atoms with Gasteiger partial charge in [-0.2, -0.15) is 0 Å². The zero-order valence-corrected chi connectivity index (χ0v) is 24.2. The number of anilines is 1. The van der Waals surface area contributed by atoms with Gasteiger partial charge < -0.3 is 14.9 Å². The first-order chi connectivity index (χ1) is 19.4. The topological polar surface area (TPSA) is 113 Å². The fraction of sp³-hybridized carbons (Fsp3) is 0.103. The molecule has 0 radical (unpaired) electrons. The van der Waals surface area contributed by atoms with Gasteiger partial charge in [-0.05, 0) is 50.8 Å². The van der Waals surface area contributed by atoms with Crippen molar-refractivity contribution in [3.8, 4) is 11.5 Å². The van der Waals surface area contributed by atoms with Gasteiger partial charge in [-0.3, -0.25) is 14.5 Å². The van der Waals surface area contributed by atoms with Crippen LogP contribution in [0.4, 0.5) is 5.13 Å². The Morgan fingerprint density at radius 3 is 2.50 bits per heavy atom. The normalized spacial score (nSPS) is 15.3. The molecule has 1 amide bonds. The molecule has 1 unspecified atom stereocenters. The Morgan fingerprint density at radius 1 is 1.10 bits per heavy atom. The number of phenolic OH excluding ortho intramolecular Hbond substituents is 1. The largest absolute Gasteiger partial charge is 0.503 e. The summed E-state index contributed by atoms with van der Waals surface area (Å²) in [5, 5.41) is 30.1. The quantitative estimate of drug-likeness (QED) is 0.122. The molecule has 0 fully saturated rings. The molecule has 3 aromatic carbocycles. The average Bonchev–Trinajstić information content (AvgIpc) is 3.55. The second-order valence-corrected chi connectivity index (χ2v) is 11.7. The monoisotopic (exact) mass is 635 g/mol. The first kappa shape index (κ1) is 27.6. The number of nitrogens with zero attached hydrogens (tertiary/aromatic N) is 3. The molecule has 4 aromatic rings. The zero-order valence-electron chi connectivity index (χ0n) is 21.0. The number of ether oxygens (including phenoxy) is 1. The number of ketones is 1. The molecule has 1 aliphatic heterocycles. The van der Waals surface area contributed by atoms with Crippen LogP contribution in [0.1, 0.15) is 22.7 Å². The van der Waals surface area contributed by atoms with Crippen LogP contribution in [-0.2, 0) is 15.3 Å². The number of aromatic hydroxyl groups is 1. The minimum Gasteiger partial charge on any atom is -0.503 e. The molecular weight excluding hydrogens is 614 g/mol. The number of carbonyl (C=O) groups is 2. The van der Waals surface area contributed by atoms with Crippen molar-refractivity contribution in [1.82, 2.24) is 10.2 Å². The lowest BCUT2D eigenvalue weighted by molar-refractivity contribution is -0.117. The molecule has 0 bridgehead atoms. The molecule has 1 aliphatic rings. The summed E-state index contributed by atoms with van der Waals surface area (Å²) in [5.74, 6) is -1.35. The first-order valence-corrected chi connectivity index (χ1v) is 14.6. The van der Waals surface area contributed by atoms with Crippen LogP contribution in [0.5, 0.6) is 11.5 Å². The number of amides is 1. The highest BCUT2D eigenvalue weighted by atomic mass is 79.9. The van der Waals surface area contributed by atoms with Gasteiger partial charge in [0.05, 0.1) is 23.2 Å². The molecular formula is C29H22BrN3O5S2. The third-order valence-corrected chi connectivity index (χ3v) is 8.83. The van der Waals surface area contributed by atoms with Crippen LogP contribution in [0.25, 0.3) is 6.08 Å². The molecule has 5 rings (SSSR count). The molecule has 202 valence electrons. The summed E-state index contributed by atoms with van der Waals surface area (Å²) in [6, 6.07) is 21.1. The first-order valence-electron chi connectivity index (χ1n) is 12.0.